The quantitative estimate of drug-likeness (QED) is 0.575. The highest BCUT2D eigenvalue weighted by atomic mass is 16.5. The summed E-state index contributed by atoms with van der Waals surface area (Å²) in [5, 5.41) is 11.9. The number of aryl methyl sites for hydroxylation is 2. The van der Waals surface area contributed by atoms with Crippen molar-refractivity contribution in [2.75, 3.05) is 7.11 Å². The third kappa shape index (κ3) is 1.64. The summed E-state index contributed by atoms with van der Waals surface area (Å²) in [6.45, 7) is 4.78. The van der Waals surface area contributed by atoms with Crippen molar-refractivity contribution in [3.63, 3.8) is 0 Å². The van der Waals surface area contributed by atoms with Crippen molar-refractivity contribution in [3.05, 3.63) is 22.6 Å². The van der Waals surface area contributed by atoms with E-state index >= 15 is 0 Å². The zero-order valence-electron chi connectivity index (χ0n) is 10.5. The molecule has 2 aromatic heterocycles. The average Bonchev–Trinajstić information content (AvgIpc) is 2.65. The Labute approximate surface area is 103 Å². The number of rotatable bonds is 2. The molecule has 94 valence electrons. The van der Waals surface area contributed by atoms with Gasteiger partial charge in [-0.3, -0.25) is 4.79 Å². The zero-order valence-corrected chi connectivity index (χ0v) is 10.5. The van der Waals surface area contributed by atoms with E-state index in [2.05, 4.69) is 20.0 Å². The Bertz CT molecular complexity index is 660. The molecule has 7 nitrogen and oxygen atoms in total. The molecule has 0 aliphatic heterocycles. The number of hydrogen-bond donors (Lipinski definition) is 0. The van der Waals surface area contributed by atoms with Crippen LogP contribution in [0.3, 0.4) is 0 Å². The van der Waals surface area contributed by atoms with Crippen LogP contribution in [0.5, 0.6) is 0 Å². The number of fused-ring (bicyclic) bond motifs is 1. The number of methoxy groups -OCH3 is 1. The predicted octanol–water partition coefficient (Wildman–Crippen LogP) is 0.730. The number of ether oxygens (including phenoxy) is 1. The molecule has 0 aromatic carbocycles. The summed E-state index contributed by atoms with van der Waals surface area (Å²) >= 11 is 0. The molecule has 18 heavy (non-hydrogen) atoms. The lowest BCUT2D eigenvalue weighted by molar-refractivity contribution is 0.0601. The standard InChI is InChI=1S/C11H12N4O3/c1-5-8(11(17)18-4)10-13-12-9(7(3)16)6(2)15(10)14-5/h1-4H3. The first-order valence-corrected chi connectivity index (χ1v) is 5.29. The monoisotopic (exact) mass is 248 g/mol. The molecule has 7 heteroatoms. The van der Waals surface area contributed by atoms with E-state index in [9.17, 15) is 9.59 Å². The predicted molar refractivity (Wildman–Crippen MR) is 61.6 cm³/mol. The summed E-state index contributed by atoms with van der Waals surface area (Å²) in [4.78, 5) is 23.0. The lowest BCUT2D eigenvalue weighted by Gasteiger charge is -2.02. The zero-order chi connectivity index (χ0) is 13.4. The van der Waals surface area contributed by atoms with Gasteiger partial charge in [0.05, 0.1) is 18.5 Å². The van der Waals surface area contributed by atoms with Gasteiger partial charge in [0.25, 0.3) is 0 Å². The lowest BCUT2D eigenvalue weighted by Crippen LogP contribution is -2.10. The van der Waals surface area contributed by atoms with Crippen molar-refractivity contribution in [3.8, 4) is 0 Å². The Morgan fingerprint density at radius 2 is 1.89 bits per heavy atom. The first-order valence-electron chi connectivity index (χ1n) is 5.29. The van der Waals surface area contributed by atoms with E-state index in [0.29, 0.717) is 17.0 Å². The Balaban J connectivity index is 2.79. The molecule has 0 saturated carbocycles. The van der Waals surface area contributed by atoms with E-state index in [1.54, 1.807) is 13.8 Å². The number of nitrogens with zero attached hydrogens (tertiary/aromatic N) is 4. The fourth-order valence-electron chi connectivity index (χ4n) is 1.78. The molecule has 2 rings (SSSR count). The number of esters is 1. The molecular weight excluding hydrogens is 236 g/mol. The van der Waals surface area contributed by atoms with Crippen LogP contribution in [0.4, 0.5) is 0 Å². The third-order valence-electron chi connectivity index (χ3n) is 2.66. The van der Waals surface area contributed by atoms with Gasteiger partial charge in [-0.25, -0.2) is 9.31 Å². The van der Waals surface area contributed by atoms with Gasteiger partial charge in [-0.15, -0.1) is 10.2 Å². The Kier molecular flexibility index (Phi) is 2.82. The van der Waals surface area contributed by atoms with Crippen molar-refractivity contribution in [1.29, 1.82) is 0 Å². The third-order valence-corrected chi connectivity index (χ3v) is 2.66. The van der Waals surface area contributed by atoms with Crippen molar-refractivity contribution < 1.29 is 14.3 Å². The minimum Gasteiger partial charge on any atom is -0.465 e. The molecule has 0 amide bonds. The number of carbonyl (C=O) groups excluding carboxylic acids is 2. The maximum absolute atomic E-state index is 11.6. The highest BCUT2D eigenvalue weighted by molar-refractivity contribution is 5.97. The van der Waals surface area contributed by atoms with Gasteiger partial charge in [-0.05, 0) is 13.8 Å². The first-order chi connectivity index (χ1) is 8.47. The summed E-state index contributed by atoms with van der Waals surface area (Å²) in [5.74, 6) is -0.721. The van der Waals surface area contributed by atoms with Crippen molar-refractivity contribution in [2.24, 2.45) is 0 Å². The summed E-state index contributed by atoms with van der Waals surface area (Å²) in [6, 6.07) is 0. The normalized spacial score (nSPS) is 10.7. The van der Waals surface area contributed by atoms with Gasteiger partial charge in [0.1, 0.15) is 11.3 Å². The molecular formula is C11H12N4O3. The molecule has 0 unspecified atom stereocenters. The molecule has 0 radical (unpaired) electrons. The van der Waals surface area contributed by atoms with E-state index in [1.165, 1.54) is 18.5 Å². The van der Waals surface area contributed by atoms with Gasteiger partial charge >= 0.3 is 5.97 Å². The van der Waals surface area contributed by atoms with Crippen LogP contribution < -0.4 is 0 Å². The maximum Gasteiger partial charge on any atom is 0.343 e. The van der Waals surface area contributed by atoms with Crippen LogP contribution in [0, 0.1) is 13.8 Å². The largest absolute Gasteiger partial charge is 0.465 e. The number of ketones is 1. The molecule has 0 bridgehead atoms. The maximum atomic E-state index is 11.6. The second-order valence-electron chi connectivity index (χ2n) is 3.88. The van der Waals surface area contributed by atoms with Crippen LogP contribution in [-0.4, -0.2) is 38.7 Å². The Morgan fingerprint density at radius 3 is 2.44 bits per heavy atom. The second kappa shape index (κ2) is 4.17. The summed E-state index contributed by atoms with van der Waals surface area (Å²) in [6.07, 6.45) is 0. The molecule has 0 fully saturated rings. The summed E-state index contributed by atoms with van der Waals surface area (Å²) in [7, 11) is 1.29. The van der Waals surface area contributed by atoms with Crippen molar-refractivity contribution in [1.82, 2.24) is 19.8 Å². The number of Topliss-reactive ketones (excluding diaryl/α,β-unsaturated/α-hetero) is 1. The summed E-state index contributed by atoms with van der Waals surface area (Å²) < 4.78 is 6.11. The molecule has 0 atom stereocenters. The van der Waals surface area contributed by atoms with E-state index in [-0.39, 0.29) is 17.0 Å². The van der Waals surface area contributed by atoms with Gasteiger partial charge < -0.3 is 4.74 Å². The fraction of sp³-hybridized carbons (Fsp3) is 0.364. The van der Waals surface area contributed by atoms with E-state index in [4.69, 9.17) is 0 Å². The van der Waals surface area contributed by atoms with Crippen molar-refractivity contribution >= 4 is 17.4 Å². The van der Waals surface area contributed by atoms with Crippen LogP contribution in [0.25, 0.3) is 5.65 Å². The second-order valence-corrected chi connectivity index (χ2v) is 3.88. The van der Waals surface area contributed by atoms with Crippen LogP contribution in [-0.2, 0) is 4.74 Å². The minimum atomic E-state index is -0.522. The highest BCUT2D eigenvalue weighted by Gasteiger charge is 2.22. The fourth-order valence-corrected chi connectivity index (χ4v) is 1.78. The van der Waals surface area contributed by atoms with Crippen LogP contribution in [0.2, 0.25) is 0 Å². The van der Waals surface area contributed by atoms with E-state index in [0.717, 1.165) is 0 Å². The average molecular weight is 248 g/mol. The highest BCUT2D eigenvalue weighted by Crippen LogP contribution is 2.16. The van der Waals surface area contributed by atoms with Gasteiger partial charge in [0.2, 0.25) is 0 Å². The lowest BCUT2D eigenvalue weighted by atomic mass is 10.2. The van der Waals surface area contributed by atoms with Gasteiger partial charge in [-0.1, -0.05) is 0 Å². The molecule has 0 aliphatic rings. The van der Waals surface area contributed by atoms with Gasteiger partial charge in [0.15, 0.2) is 11.4 Å². The molecule has 0 aliphatic carbocycles. The van der Waals surface area contributed by atoms with Crippen LogP contribution >= 0.6 is 0 Å². The van der Waals surface area contributed by atoms with Crippen LogP contribution in [0.15, 0.2) is 0 Å². The summed E-state index contributed by atoms with van der Waals surface area (Å²) in [5.41, 5.74) is 1.83. The number of aromatic nitrogens is 4. The smallest absolute Gasteiger partial charge is 0.343 e. The van der Waals surface area contributed by atoms with Crippen LogP contribution in [0.1, 0.15) is 39.2 Å². The Morgan fingerprint density at radius 1 is 1.22 bits per heavy atom. The SMILES string of the molecule is COC(=O)c1c(C)nn2c(C)c(C(C)=O)nnc12. The van der Waals surface area contributed by atoms with E-state index in [1.807, 2.05) is 0 Å². The van der Waals surface area contributed by atoms with Gasteiger partial charge in [-0.2, -0.15) is 5.10 Å². The Hall–Kier alpha value is -2.31. The molecule has 2 heterocycles. The molecule has 0 saturated heterocycles. The topological polar surface area (TPSA) is 86.5 Å². The number of carbonyl (C=O) groups is 2. The molecule has 2 aromatic rings. The first kappa shape index (κ1) is 12.2. The van der Waals surface area contributed by atoms with Crippen molar-refractivity contribution in [2.45, 2.75) is 20.8 Å². The molecule has 0 spiro atoms. The van der Waals surface area contributed by atoms with Gasteiger partial charge in [0, 0.05) is 6.92 Å². The number of hydrogen-bond acceptors (Lipinski definition) is 6. The molecule has 0 N–H and O–H groups in total. The minimum absolute atomic E-state index is 0.199. The van der Waals surface area contributed by atoms with E-state index < -0.39 is 5.97 Å².